The number of carbonyl (C=O) groups is 2. The Bertz CT molecular complexity index is 487. The third-order valence-electron chi connectivity index (χ3n) is 2.92. The third kappa shape index (κ3) is 2.31. The number of amides is 2. The summed E-state index contributed by atoms with van der Waals surface area (Å²) in [4.78, 5) is 26.5. The molecule has 4 nitrogen and oxygen atoms in total. The predicted molar refractivity (Wildman–Crippen MR) is 65.0 cm³/mol. The van der Waals surface area contributed by atoms with Crippen LogP contribution in [0.25, 0.3) is 0 Å². The number of carbonyl (C=O) groups excluding carboxylic acids is 2. The first-order chi connectivity index (χ1) is 8.50. The molecular formula is C12H12ClFN2O2. The molecule has 18 heavy (non-hydrogen) atoms. The van der Waals surface area contributed by atoms with E-state index >= 15 is 0 Å². The van der Waals surface area contributed by atoms with Gasteiger partial charge in [-0.15, -0.1) is 0 Å². The van der Waals surface area contributed by atoms with Gasteiger partial charge < -0.3 is 9.80 Å². The van der Waals surface area contributed by atoms with Crippen LogP contribution >= 0.6 is 11.6 Å². The number of halogens is 2. The van der Waals surface area contributed by atoms with Crippen LogP contribution < -0.4 is 0 Å². The predicted octanol–water partition coefficient (Wildman–Crippen LogP) is 1.39. The minimum atomic E-state index is -0.668. The van der Waals surface area contributed by atoms with Crippen molar-refractivity contribution >= 4 is 23.4 Å². The molecule has 1 aliphatic heterocycles. The van der Waals surface area contributed by atoms with Gasteiger partial charge in [-0.05, 0) is 12.1 Å². The van der Waals surface area contributed by atoms with Crippen molar-refractivity contribution < 1.29 is 14.0 Å². The van der Waals surface area contributed by atoms with Crippen LogP contribution in [0.5, 0.6) is 0 Å². The highest BCUT2D eigenvalue weighted by atomic mass is 35.5. The molecule has 1 saturated heterocycles. The van der Waals surface area contributed by atoms with Crippen LogP contribution in [0.4, 0.5) is 4.39 Å². The molecule has 1 aliphatic rings. The Kier molecular flexibility index (Phi) is 3.52. The Morgan fingerprint density at radius 1 is 1.39 bits per heavy atom. The van der Waals surface area contributed by atoms with E-state index in [2.05, 4.69) is 0 Å². The second-order valence-electron chi connectivity index (χ2n) is 4.14. The van der Waals surface area contributed by atoms with E-state index < -0.39 is 11.7 Å². The molecule has 1 aromatic rings. The zero-order valence-electron chi connectivity index (χ0n) is 9.82. The lowest BCUT2D eigenvalue weighted by Gasteiger charge is -2.32. The molecule has 0 spiro atoms. The van der Waals surface area contributed by atoms with Crippen molar-refractivity contribution in [2.75, 3.05) is 26.7 Å². The van der Waals surface area contributed by atoms with E-state index in [9.17, 15) is 14.0 Å². The highest BCUT2D eigenvalue weighted by molar-refractivity contribution is 6.33. The van der Waals surface area contributed by atoms with Gasteiger partial charge in [-0.25, -0.2) is 4.39 Å². The van der Waals surface area contributed by atoms with Gasteiger partial charge in [-0.2, -0.15) is 0 Å². The Morgan fingerprint density at radius 2 is 2.11 bits per heavy atom. The van der Waals surface area contributed by atoms with Crippen molar-refractivity contribution in [3.63, 3.8) is 0 Å². The van der Waals surface area contributed by atoms with Gasteiger partial charge in [-0.1, -0.05) is 17.7 Å². The molecule has 6 heteroatoms. The van der Waals surface area contributed by atoms with Crippen LogP contribution in [-0.2, 0) is 4.79 Å². The fourth-order valence-electron chi connectivity index (χ4n) is 1.79. The normalized spacial score (nSPS) is 16.1. The number of hydrogen-bond donors (Lipinski definition) is 0. The number of rotatable bonds is 1. The van der Waals surface area contributed by atoms with Crippen molar-refractivity contribution in [1.29, 1.82) is 0 Å². The molecule has 0 saturated carbocycles. The van der Waals surface area contributed by atoms with E-state index in [-0.39, 0.29) is 23.0 Å². The van der Waals surface area contributed by atoms with E-state index in [1.807, 2.05) is 0 Å². The second kappa shape index (κ2) is 4.94. The molecule has 0 N–H and O–H groups in total. The molecule has 96 valence electrons. The van der Waals surface area contributed by atoms with Gasteiger partial charge in [0, 0.05) is 20.1 Å². The van der Waals surface area contributed by atoms with Crippen LogP contribution in [-0.4, -0.2) is 48.3 Å². The molecule has 1 fully saturated rings. The van der Waals surface area contributed by atoms with E-state index in [4.69, 9.17) is 11.6 Å². The van der Waals surface area contributed by atoms with E-state index in [1.165, 1.54) is 28.0 Å². The standard InChI is InChI=1S/C12H12ClFN2O2/c1-15-5-6-16(7-10(15)17)12(18)11-8(13)3-2-4-9(11)14/h2-4H,5-7H2,1H3. The van der Waals surface area contributed by atoms with Gasteiger partial charge in [0.1, 0.15) is 12.4 Å². The van der Waals surface area contributed by atoms with Crippen LogP contribution in [0.3, 0.4) is 0 Å². The summed E-state index contributed by atoms with van der Waals surface area (Å²) in [7, 11) is 1.67. The van der Waals surface area contributed by atoms with Crippen molar-refractivity contribution in [3.05, 3.63) is 34.6 Å². The first-order valence-electron chi connectivity index (χ1n) is 5.48. The third-order valence-corrected chi connectivity index (χ3v) is 3.24. The Hall–Kier alpha value is -1.62. The van der Waals surface area contributed by atoms with Gasteiger partial charge >= 0.3 is 0 Å². The quantitative estimate of drug-likeness (QED) is 0.774. The summed E-state index contributed by atoms with van der Waals surface area (Å²) in [6, 6.07) is 4.07. The summed E-state index contributed by atoms with van der Waals surface area (Å²) < 4.78 is 13.6. The summed E-state index contributed by atoms with van der Waals surface area (Å²) in [5, 5.41) is 0.0615. The molecule has 0 atom stereocenters. The molecule has 0 aliphatic carbocycles. The van der Waals surface area contributed by atoms with E-state index in [1.54, 1.807) is 7.05 Å². The van der Waals surface area contributed by atoms with Gasteiger partial charge in [0.15, 0.2) is 0 Å². The molecule has 2 rings (SSSR count). The number of piperazine rings is 1. The molecule has 1 aromatic carbocycles. The summed E-state index contributed by atoms with van der Waals surface area (Å²) >= 11 is 5.83. The summed E-state index contributed by atoms with van der Waals surface area (Å²) in [6.07, 6.45) is 0. The molecular weight excluding hydrogens is 259 g/mol. The summed E-state index contributed by atoms with van der Waals surface area (Å²) in [6.45, 7) is 0.780. The SMILES string of the molecule is CN1CCN(C(=O)c2c(F)cccc2Cl)CC1=O. The maximum atomic E-state index is 13.6. The van der Waals surface area contributed by atoms with Crippen LogP contribution in [0.1, 0.15) is 10.4 Å². The van der Waals surface area contributed by atoms with Crippen LogP contribution in [0.2, 0.25) is 5.02 Å². The van der Waals surface area contributed by atoms with E-state index in [0.717, 1.165) is 0 Å². The molecule has 0 bridgehead atoms. The lowest BCUT2D eigenvalue weighted by atomic mass is 10.1. The zero-order valence-corrected chi connectivity index (χ0v) is 10.6. The van der Waals surface area contributed by atoms with Gasteiger partial charge in [0.05, 0.1) is 10.6 Å². The molecule has 0 aromatic heterocycles. The number of hydrogen-bond acceptors (Lipinski definition) is 2. The fraction of sp³-hybridized carbons (Fsp3) is 0.333. The van der Waals surface area contributed by atoms with Gasteiger partial charge in [-0.3, -0.25) is 9.59 Å². The molecule has 1 heterocycles. The first kappa shape index (κ1) is 12.8. The Morgan fingerprint density at radius 3 is 2.72 bits per heavy atom. The van der Waals surface area contributed by atoms with Gasteiger partial charge in [0.25, 0.3) is 5.91 Å². The number of likely N-dealkylation sites (N-methyl/N-ethyl adjacent to an activating group) is 1. The first-order valence-corrected chi connectivity index (χ1v) is 5.85. The van der Waals surface area contributed by atoms with Crippen molar-refractivity contribution in [2.24, 2.45) is 0 Å². The lowest BCUT2D eigenvalue weighted by molar-refractivity contribution is -0.133. The highest BCUT2D eigenvalue weighted by Gasteiger charge is 2.28. The summed E-state index contributed by atoms with van der Waals surface area (Å²) in [5.74, 6) is -1.37. The fourth-order valence-corrected chi connectivity index (χ4v) is 2.04. The molecule has 0 unspecified atom stereocenters. The minimum absolute atomic E-state index is 0.0417. The average Bonchev–Trinajstić information content (AvgIpc) is 2.32. The molecule has 0 radical (unpaired) electrons. The Labute approximate surface area is 109 Å². The monoisotopic (exact) mass is 270 g/mol. The summed E-state index contributed by atoms with van der Waals surface area (Å²) in [5.41, 5.74) is -0.170. The molecule has 2 amide bonds. The maximum absolute atomic E-state index is 13.6. The largest absolute Gasteiger partial charge is 0.342 e. The Balaban J connectivity index is 2.24. The topological polar surface area (TPSA) is 40.6 Å². The van der Waals surface area contributed by atoms with Crippen molar-refractivity contribution in [1.82, 2.24) is 9.80 Å². The average molecular weight is 271 g/mol. The van der Waals surface area contributed by atoms with Crippen LogP contribution in [0, 0.1) is 5.82 Å². The zero-order chi connectivity index (χ0) is 13.3. The number of nitrogens with zero attached hydrogens (tertiary/aromatic N) is 2. The highest BCUT2D eigenvalue weighted by Crippen LogP contribution is 2.21. The van der Waals surface area contributed by atoms with Crippen molar-refractivity contribution in [2.45, 2.75) is 0 Å². The van der Waals surface area contributed by atoms with Crippen LogP contribution in [0.15, 0.2) is 18.2 Å². The van der Waals surface area contributed by atoms with Crippen molar-refractivity contribution in [3.8, 4) is 0 Å². The smallest absolute Gasteiger partial charge is 0.258 e. The maximum Gasteiger partial charge on any atom is 0.258 e. The number of benzene rings is 1. The van der Waals surface area contributed by atoms with Gasteiger partial charge in [0.2, 0.25) is 5.91 Å². The minimum Gasteiger partial charge on any atom is -0.342 e. The second-order valence-corrected chi connectivity index (χ2v) is 4.55. The van der Waals surface area contributed by atoms with E-state index in [0.29, 0.717) is 13.1 Å². The lowest BCUT2D eigenvalue weighted by Crippen LogP contribution is -2.50.